The highest BCUT2D eigenvalue weighted by Crippen LogP contribution is 2.44. The molecule has 1 N–H and O–H groups in total. The van der Waals surface area contributed by atoms with Crippen LogP contribution in [0, 0.1) is 16.7 Å². The zero-order valence-corrected chi connectivity index (χ0v) is 18.3. The Morgan fingerprint density at radius 2 is 1.79 bits per heavy atom. The number of aromatic carboxylic acids is 1. The van der Waals surface area contributed by atoms with Crippen LogP contribution in [-0.2, 0) is 0 Å². The Labute approximate surface area is 179 Å². The van der Waals surface area contributed by atoms with Crippen LogP contribution in [0.25, 0.3) is 0 Å². The van der Waals surface area contributed by atoms with Gasteiger partial charge < -0.3 is 14.6 Å². The Bertz CT molecular complexity index is 918. The average molecular weight is 436 g/mol. The molecule has 0 aliphatic heterocycles. The molecule has 29 heavy (non-hydrogen) atoms. The third-order valence-corrected chi connectivity index (χ3v) is 6.05. The highest BCUT2D eigenvalue weighted by atomic mass is 35.5. The summed E-state index contributed by atoms with van der Waals surface area (Å²) in [5, 5.41) is 19.9. The highest BCUT2D eigenvalue weighted by Gasteiger charge is 2.37. The predicted octanol–water partition coefficient (Wildman–Crippen LogP) is 4.66. The molecule has 0 aliphatic rings. The molecule has 2 atom stereocenters. The van der Waals surface area contributed by atoms with Gasteiger partial charge in [-0.2, -0.15) is 15.2 Å². The molecule has 0 saturated carbocycles. The van der Waals surface area contributed by atoms with Crippen LogP contribution in [0.15, 0.2) is 29.4 Å². The van der Waals surface area contributed by atoms with Crippen molar-refractivity contribution in [3.05, 3.63) is 40.4 Å². The lowest BCUT2D eigenvalue weighted by atomic mass is 9.80. The zero-order chi connectivity index (χ0) is 21.8. The van der Waals surface area contributed by atoms with Gasteiger partial charge >= 0.3 is 5.97 Å². The summed E-state index contributed by atoms with van der Waals surface area (Å²) in [4.78, 5) is 20.4. The zero-order valence-electron chi connectivity index (χ0n) is 16.8. The van der Waals surface area contributed by atoms with Gasteiger partial charge in [-0.05, 0) is 29.2 Å². The number of carbonyl (C=O) groups is 1. The number of hydrogen-bond donors (Lipinski definition) is 1. The summed E-state index contributed by atoms with van der Waals surface area (Å²) in [5.41, 5.74) is -0.00208. The second kappa shape index (κ2) is 9.33. The van der Waals surface area contributed by atoms with Crippen LogP contribution in [-0.4, -0.2) is 40.5 Å². The number of aromatic nitrogens is 2. The molecule has 0 aliphatic carbocycles. The molecule has 1 aromatic heterocycles. The van der Waals surface area contributed by atoms with Crippen LogP contribution in [0.5, 0.6) is 11.8 Å². The summed E-state index contributed by atoms with van der Waals surface area (Å²) < 4.78 is 10.4. The Kier molecular flexibility index (Phi) is 7.33. The lowest BCUT2D eigenvalue weighted by Gasteiger charge is -2.33. The number of ether oxygens (including phenoxy) is 2. The smallest absolute Gasteiger partial charge is 0.336 e. The van der Waals surface area contributed by atoms with Gasteiger partial charge in [0.25, 0.3) is 0 Å². The van der Waals surface area contributed by atoms with Crippen LogP contribution in [0.3, 0.4) is 0 Å². The quantitative estimate of drug-likeness (QED) is 0.494. The Balaban J connectivity index is 2.57. The number of methoxy groups -OCH3 is 2. The first kappa shape index (κ1) is 22.8. The van der Waals surface area contributed by atoms with E-state index in [0.717, 1.165) is 0 Å². The summed E-state index contributed by atoms with van der Waals surface area (Å²) in [7, 11) is 2.97. The van der Waals surface area contributed by atoms with Crippen LogP contribution < -0.4 is 9.47 Å². The second-order valence-corrected chi connectivity index (χ2v) is 8.83. The van der Waals surface area contributed by atoms with Gasteiger partial charge in [-0.15, -0.1) is 0 Å². The Morgan fingerprint density at radius 3 is 2.24 bits per heavy atom. The lowest BCUT2D eigenvalue weighted by Crippen LogP contribution is -2.30. The monoisotopic (exact) mass is 435 g/mol. The number of nitrogens with zero attached hydrogens (tertiary/aromatic N) is 3. The summed E-state index contributed by atoms with van der Waals surface area (Å²) >= 11 is 7.38. The van der Waals surface area contributed by atoms with Crippen LogP contribution >= 0.6 is 23.4 Å². The number of thioether (sulfide) groups is 1. The average Bonchev–Trinajstić information content (AvgIpc) is 2.66. The Morgan fingerprint density at radius 1 is 1.21 bits per heavy atom. The van der Waals surface area contributed by atoms with Crippen molar-refractivity contribution in [3.8, 4) is 17.8 Å². The fourth-order valence-electron chi connectivity index (χ4n) is 2.79. The predicted molar refractivity (Wildman–Crippen MR) is 111 cm³/mol. The molecular formula is C20H22ClN3O4S. The maximum absolute atomic E-state index is 11.7. The standard InChI is InChI=1S/C20H22ClN3O4S/c1-20(2,3)17(29-19-23-15(27-4)9-16(24-19)28-5)14(10-22)13-8-11(21)6-7-12(13)18(25)26/h6-9,14,17H,1-5H3,(H,25,26). The van der Waals surface area contributed by atoms with Gasteiger partial charge in [-0.25, -0.2) is 4.79 Å². The number of rotatable bonds is 7. The normalized spacial score (nSPS) is 13.3. The fourth-order valence-corrected chi connectivity index (χ4v) is 4.18. The summed E-state index contributed by atoms with van der Waals surface area (Å²) in [6.07, 6.45) is 0. The molecule has 0 spiro atoms. The first-order chi connectivity index (χ1) is 13.6. The van der Waals surface area contributed by atoms with Crippen LogP contribution in [0.1, 0.15) is 42.6 Å². The minimum absolute atomic E-state index is 0.0416. The van der Waals surface area contributed by atoms with Gasteiger partial charge in [-0.1, -0.05) is 44.1 Å². The first-order valence-electron chi connectivity index (χ1n) is 8.66. The molecule has 7 nitrogen and oxygen atoms in total. The maximum atomic E-state index is 11.7. The van der Waals surface area contributed by atoms with E-state index in [0.29, 0.717) is 27.5 Å². The molecule has 154 valence electrons. The van der Waals surface area contributed by atoms with Crippen molar-refractivity contribution in [1.82, 2.24) is 9.97 Å². The van der Waals surface area contributed by atoms with E-state index in [1.807, 2.05) is 20.8 Å². The second-order valence-electron chi connectivity index (χ2n) is 7.28. The van der Waals surface area contributed by atoms with Crippen molar-refractivity contribution in [2.45, 2.75) is 37.1 Å². The van der Waals surface area contributed by atoms with Crippen molar-refractivity contribution in [3.63, 3.8) is 0 Å². The SMILES string of the molecule is COc1cc(OC)nc(SC(C(C#N)c2cc(Cl)ccc2C(=O)O)C(C)(C)C)n1. The van der Waals surface area contributed by atoms with Crippen molar-refractivity contribution >= 4 is 29.3 Å². The van der Waals surface area contributed by atoms with E-state index in [9.17, 15) is 15.2 Å². The van der Waals surface area contributed by atoms with Gasteiger partial charge in [0.05, 0.1) is 37.8 Å². The molecule has 9 heteroatoms. The maximum Gasteiger partial charge on any atom is 0.336 e. The number of carboxylic acid groups (broad SMARTS) is 1. The van der Waals surface area contributed by atoms with Gasteiger partial charge in [0.15, 0.2) is 5.16 Å². The topological polar surface area (TPSA) is 105 Å². The molecule has 1 aromatic carbocycles. The van der Waals surface area contributed by atoms with E-state index in [-0.39, 0.29) is 10.8 Å². The number of nitriles is 1. The van der Waals surface area contributed by atoms with Crippen LogP contribution in [0.4, 0.5) is 0 Å². The number of benzene rings is 1. The number of halogens is 1. The van der Waals surface area contributed by atoms with Gasteiger partial charge in [0, 0.05) is 10.3 Å². The third kappa shape index (κ3) is 5.52. The lowest BCUT2D eigenvalue weighted by molar-refractivity contribution is 0.0695. The third-order valence-electron chi connectivity index (χ3n) is 4.18. The summed E-state index contributed by atoms with van der Waals surface area (Å²) in [5.74, 6) is -1.23. The molecule has 0 radical (unpaired) electrons. The fraction of sp³-hybridized carbons (Fsp3) is 0.400. The summed E-state index contributed by atoms with van der Waals surface area (Å²) in [6.45, 7) is 5.91. The molecule has 0 amide bonds. The minimum Gasteiger partial charge on any atom is -0.481 e. The molecule has 1 heterocycles. The molecule has 2 rings (SSSR count). The largest absolute Gasteiger partial charge is 0.481 e. The molecule has 0 bridgehead atoms. The van der Waals surface area contributed by atoms with Gasteiger partial charge in [0.1, 0.15) is 0 Å². The Hall–Kier alpha value is -2.50. The minimum atomic E-state index is -1.12. The van der Waals surface area contributed by atoms with Crippen LogP contribution in [0.2, 0.25) is 5.02 Å². The molecular weight excluding hydrogens is 414 g/mol. The van der Waals surface area contributed by atoms with Crippen molar-refractivity contribution in [2.24, 2.45) is 5.41 Å². The molecule has 2 unspecified atom stereocenters. The van der Waals surface area contributed by atoms with Crippen molar-refractivity contribution in [2.75, 3.05) is 14.2 Å². The van der Waals surface area contributed by atoms with E-state index in [4.69, 9.17) is 21.1 Å². The molecule has 0 fully saturated rings. The number of carboxylic acids is 1. The molecule has 0 saturated heterocycles. The molecule has 2 aromatic rings. The van der Waals surface area contributed by atoms with Crippen molar-refractivity contribution < 1.29 is 19.4 Å². The summed E-state index contributed by atoms with van der Waals surface area (Å²) in [6, 6.07) is 8.26. The van der Waals surface area contributed by atoms with E-state index in [2.05, 4.69) is 16.0 Å². The number of hydrogen-bond acceptors (Lipinski definition) is 7. The van der Waals surface area contributed by atoms with E-state index in [1.54, 1.807) is 6.07 Å². The van der Waals surface area contributed by atoms with Crippen molar-refractivity contribution in [1.29, 1.82) is 5.26 Å². The van der Waals surface area contributed by atoms with Gasteiger partial charge in [-0.3, -0.25) is 0 Å². The first-order valence-corrected chi connectivity index (χ1v) is 9.92. The van der Waals surface area contributed by atoms with E-state index >= 15 is 0 Å². The van der Waals surface area contributed by atoms with E-state index < -0.39 is 17.3 Å². The highest BCUT2D eigenvalue weighted by molar-refractivity contribution is 7.99. The van der Waals surface area contributed by atoms with E-state index in [1.165, 1.54) is 44.2 Å². The van der Waals surface area contributed by atoms with Gasteiger partial charge in [0.2, 0.25) is 11.8 Å².